The minimum atomic E-state index is -0.280. The van der Waals surface area contributed by atoms with Crippen molar-refractivity contribution in [3.8, 4) is 0 Å². The second kappa shape index (κ2) is 5.68. The second-order valence-electron chi connectivity index (χ2n) is 7.29. The van der Waals surface area contributed by atoms with Crippen LogP contribution < -0.4 is 5.32 Å². The zero-order chi connectivity index (χ0) is 14.1. The third-order valence-electron chi connectivity index (χ3n) is 4.34. The van der Waals surface area contributed by atoms with Crippen LogP contribution in [0.4, 0.5) is 0 Å². The number of ether oxygens (including phenoxy) is 1. The van der Waals surface area contributed by atoms with Crippen LogP contribution in [0.15, 0.2) is 0 Å². The molecule has 0 aliphatic carbocycles. The van der Waals surface area contributed by atoms with Gasteiger partial charge < -0.3 is 20.1 Å². The van der Waals surface area contributed by atoms with Crippen molar-refractivity contribution in [1.82, 2.24) is 10.2 Å². The van der Waals surface area contributed by atoms with Gasteiger partial charge in [0.05, 0.1) is 17.3 Å². The molecule has 2 aliphatic rings. The number of aliphatic hydroxyl groups excluding tert-OH is 1. The summed E-state index contributed by atoms with van der Waals surface area (Å²) in [7, 11) is 0. The summed E-state index contributed by atoms with van der Waals surface area (Å²) in [6.07, 6.45) is 3.27. The number of nitrogens with zero attached hydrogens (tertiary/aromatic N) is 1. The summed E-state index contributed by atoms with van der Waals surface area (Å²) in [4.78, 5) is 2.35. The van der Waals surface area contributed by atoms with Crippen LogP contribution in [0, 0.1) is 0 Å². The maximum atomic E-state index is 10.1. The lowest BCUT2D eigenvalue weighted by atomic mass is 9.94. The van der Waals surface area contributed by atoms with E-state index in [1.54, 1.807) is 0 Å². The van der Waals surface area contributed by atoms with Gasteiger partial charge in [-0.1, -0.05) is 0 Å². The molecule has 4 heteroatoms. The minimum Gasteiger partial charge on any atom is -0.390 e. The van der Waals surface area contributed by atoms with Gasteiger partial charge in [-0.15, -0.1) is 0 Å². The quantitative estimate of drug-likeness (QED) is 0.792. The van der Waals surface area contributed by atoms with E-state index in [0.29, 0.717) is 12.6 Å². The summed E-state index contributed by atoms with van der Waals surface area (Å²) in [5.74, 6) is 0. The highest BCUT2D eigenvalue weighted by molar-refractivity contribution is 4.99. The van der Waals surface area contributed by atoms with E-state index in [1.165, 1.54) is 12.8 Å². The molecule has 0 aromatic carbocycles. The Hall–Kier alpha value is -0.160. The Morgan fingerprint density at radius 2 is 1.89 bits per heavy atom. The van der Waals surface area contributed by atoms with E-state index in [4.69, 9.17) is 4.74 Å². The van der Waals surface area contributed by atoms with Gasteiger partial charge in [0, 0.05) is 19.1 Å². The van der Waals surface area contributed by atoms with Gasteiger partial charge in [-0.05, 0) is 60.0 Å². The van der Waals surface area contributed by atoms with Gasteiger partial charge in [-0.2, -0.15) is 0 Å². The van der Waals surface area contributed by atoms with Crippen LogP contribution in [0.25, 0.3) is 0 Å². The summed E-state index contributed by atoms with van der Waals surface area (Å²) < 4.78 is 6.06. The maximum absolute atomic E-state index is 10.1. The van der Waals surface area contributed by atoms with Crippen molar-refractivity contribution in [3.05, 3.63) is 0 Å². The predicted octanol–water partition coefficient (Wildman–Crippen LogP) is 1.38. The summed E-state index contributed by atoms with van der Waals surface area (Å²) >= 11 is 0. The Labute approximate surface area is 117 Å². The molecule has 0 spiro atoms. The van der Waals surface area contributed by atoms with Crippen LogP contribution >= 0.6 is 0 Å². The number of β-amino-alcohol motifs (C(OH)–C–C–N with tert-alkyl or cyclic N) is 1. The molecule has 2 unspecified atom stereocenters. The van der Waals surface area contributed by atoms with Gasteiger partial charge in [0.25, 0.3) is 0 Å². The van der Waals surface area contributed by atoms with Gasteiger partial charge in [-0.3, -0.25) is 0 Å². The lowest BCUT2D eigenvalue weighted by Crippen LogP contribution is -2.47. The van der Waals surface area contributed by atoms with Crippen molar-refractivity contribution >= 4 is 0 Å². The van der Waals surface area contributed by atoms with Gasteiger partial charge >= 0.3 is 0 Å². The number of hydrogen-bond acceptors (Lipinski definition) is 4. The van der Waals surface area contributed by atoms with Crippen molar-refractivity contribution in [2.75, 3.05) is 26.2 Å². The summed E-state index contributed by atoms with van der Waals surface area (Å²) in [6.45, 7) is 12.3. The molecule has 2 heterocycles. The molecular weight excluding hydrogens is 240 g/mol. The van der Waals surface area contributed by atoms with Crippen molar-refractivity contribution in [2.45, 2.75) is 70.3 Å². The Morgan fingerprint density at radius 1 is 1.26 bits per heavy atom. The smallest absolute Gasteiger partial charge is 0.0791 e. The molecule has 112 valence electrons. The third kappa shape index (κ3) is 4.15. The van der Waals surface area contributed by atoms with Crippen molar-refractivity contribution in [3.63, 3.8) is 0 Å². The first kappa shape index (κ1) is 15.2. The summed E-state index contributed by atoms with van der Waals surface area (Å²) in [5.41, 5.74) is -0.224. The predicted molar refractivity (Wildman–Crippen MR) is 77.3 cm³/mol. The first-order valence-corrected chi connectivity index (χ1v) is 7.62. The number of hydrogen-bond donors (Lipinski definition) is 2. The molecule has 2 aliphatic heterocycles. The number of likely N-dealkylation sites (tertiary alicyclic amines) is 1. The molecule has 19 heavy (non-hydrogen) atoms. The van der Waals surface area contributed by atoms with E-state index < -0.39 is 0 Å². The SMILES string of the molecule is CC1(C)CC(NCC(O)CN2CCCC2)C(C)(C)O1. The summed E-state index contributed by atoms with van der Waals surface area (Å²) in [6, 6.07) is 0.315. The Balaban J connectivity index is 1.75. The summed E-state index contributed by atoms with van der Waals surface area (Å²) in [5, 5.41) is 13.6. The molecule has 2 atom stereocenters. The molecule has 2 N–H and O–H groups in total. The minimum absolute atomic E-state index is 0.0684. The number of nitrogens with one attached hydrogen (secondary N) is 1. The normalized spacial score (nSPS) is 31.7. The molecule has 2 fully saturated rings. The number of rotatable bonds is 5. The molecule has 0 bridgehead atoms. The average Bonchev–Trinajstić information content (AvgIpc) is 2.81. The van der Waals surface area contributed by atoms with E-state index in [9.17, 15) is 5.11 Å². The monoisotopic (exact) mass is 270 g/mol. The Bertz CT molecular complexity index is 299. The molecule has 0 saturated carbocycles. The fraction of sp³-hybridized carbons (Fsp3) is 1.00. The van der Waals surface area contributed by atoms with Gasteiger partial charge in [0.15, 0.2) is 0 Å². The van der Waals surface area contributed by atoms with Crippen LogP contribution in [-0.4, -0.2) is 59.5 Å². The van der Waals surface area contributed by atoms with Crippen LogP contribution in [0.1, 0.15) is 47.0 Å². The molecule has 0 aromatic heterocycles. The molecule has 0 aromatic rings. The van der Waals surface area contributed by atoms with Crippen molar-refractivity contribution in [2.24, 2.45) is 0 Å². The first-order chi connectivity index (χ1) is 8.78. The lowest BCUT2D eigenvalue weighted by Gasteiger charge is -2.29. The molecule has 2 saturated heterocycles. The first-order valence-electron chi connectivity index (χ1n) is 7.62. The lowest BCUT2D eigenvalue weighted by molar-refractivity contribution is -0.0702. The highest BCUT2D eigenvalue weighted by atomic mass is 16.5. The van der Waals surface area contributed by atoms with E-state index in [-0.39, 0.29) is 17.3 Å². The fourth-order valence-corrected chi connectivity index (χ4v) is 3.49. The van der Waals surface area contributed by atoms with Crippen molar-refractivity contribution < 1.29 is 9.84 Å². The molecule has 4 nitrogen and oxygen atoms in total. The number of aliphatic hydroxyl groups is 1. The fourth-order valence-electron chi connectivity index (χ4n) is 3.49. The third-order valence-corrected chi connectivity index (χ3v) is 4.34. The largest absolute Gasteiger partial charge is 0.390 e. The highest BCUT2D eigenvalue weighted by Crippen LogP contribution is 2.37. The van der Waals surface area contributed by atoms with Crippen LogP contribution in [-0.2, 0) is 4.74 Å². The second-order valence-corrected chi connectivity index (χ2v) is 7.29. The molecule has 0 radical (unpaired) electrons. The van der Waals surface area contributed by atoms with Gasteiger partial charge in [0.1, 0.15) is 0 Å². The van der Waals surface area contributed by atoms with E-state index >= 15 is 0 Å². The van der Waals surface area contributed by atoms with Gasteiger partial charge in [-0.25, -0.2) is 0 Å². The van der Waals surface area contributed by atoms with Crippen LogP contribution in [0.5, 0.6) is 0 Å². The molecular formula is C15H30N2O2. The van der Waals surface area contributed by atoms with E-state index in [1.807, 2.05) is 0 Å². The highest BCUT2D eigenvalue weighted by Gasteiger charge is 2.45. The van der Waals surface area contributed by atoms with Crippen molar-refractivity contribution in [1.29, 1.82) is 0 Å². The topological polar surface area (TPSA) is 44.7 Å². The van der Waals surface area contributed by atoms with E-state index in [2.05, 4.69) is 37.9 Å². The maximum Gasteiger partial charge on any atom is 0.0791 e. The molecule has 0 amide bonds. The Morgan fingerprint density at radius 3 is 2.42 bits per heavy atom. The van der Waals surface area contributed by atoms with Crippen LogP contribution in [0.3, 0.4) is 0 Å². The zero-order valence-corrected chi connectivity index (χ0v) is 12.9. The standard InChI is InChI=1S/C15H30N2O2/c1-14(2)9-13(15(3,4)19-14)16-10-12(18)11-17-7-5-6-8-17/h12-13,16,18H,5-11H2,1-4H3. The Kier molecular flexibility index (Phi) is 4.56. The van der Waals surface area contributed by atoms with E-state index in [0.717, 1.165) is 26.1 Å². The van der Waals surface area contributed by atoms with Crippen LogP contribution in [0.2, 0.25) is 0 Å². The van der Waals surface area contributed by atoms with Gasteiger partial charge in [0.2, 0.25) is 0 Å². The zero-order valence-electron chi connectivity index (χ0n) is 12.9. The molecule has 2 rings (SSSR count). The average molecular weight is 270 g/mol.